The fourth-order valence-electron chi connectivity index (χ4n) is 2.76. The average Bonchev–Trinajstić information content (AvgIpc) is 3.10. The third-order valence-corrected chi connectivity index (χ3v) is 4.17. The van der Waals surface area contributed by atoms with E-state index in [0.29, 0.717) is 12.0 Å². The molecule has 2 aliphatic carbocycles. The average molecular weight is 211 g/mol. The first-order valence-corrected chi connectivity index (χ1v) is 6.69. The van der Waals surface area contributed by atoms with Crippen LogP contribution in [0.5, 0.6) is 0 Å². The summed E-state index contributed by atoms with van der Waals surface area (Å²) in [5.41, 5.74) is 0. The molecular formula is C13H25NO. The zero-order valence-corrected chi connectivity index (χ0v) is 9.91. The lowest BCUT2D eigenvalue weighted by Gasteiger charge is -2.29. The molecular weight excluding hydrogens is 186 g/mol. The van der Waals surface area contributed by atoms with Crippen molar-refractivity contribution in [3.8, 4) is 0 Å². The summed E-state index contributed by atoms with van der Waals surface area (Å²) in [4.78, 5) is 0. The van der Waals surface area contributed by atoms with Gasteiger partial charge in [-0.1, -0.05) is 19.3 Å². The molecule has 15 heavy (non-hydrogen) atoms. The topological polar surface area (TPSA) is 32.3 Å². The van der Waals surface area contributed by atoms with Crippen molar-refractivity contribution in [2.45, 2.75) is 64.0 Å². The van der Waals surface area contributed by atoms with E-state index in [2.05, 4.69) is 12.2 Å². The maximum atomic E-state index is 9.77. The quantitative estimate of drug-likeness (QED) is 0.731. The van der Waals surface area contributed by atoms with Crippen LogP contribution in [0, 0.1) is 11.8 Å². The maximum absolute atomic E-state index is 9.77. The fraction of sp³-hybridized carbons (Fsp3) is 1.00. The van der Waals surface area contributed by atoms with Crippen LogP contribution in [-0.2, 0) is 0 Å². The third kappa shape index (κ3) is 3.46. The minimum atomic E-state index is -0.0870. The lowest BCUT2D eigenvalue weighted by atomic mass is 9.84. The Balaban J connectivity index is 1.64. The van der Waals surface area contributed by atoms with Gasteiger partial charge in [0.05, 0.1) is 6.10 Å². The Morgan fingerprint density at radius 3 is 2.33 bits per heavy atom. The van der Waals surface area contributed by atoms with Crippen LogP contribution in [0.2, 0.25) is 0 Å². The van der Waals surface area contributed by atoms with Crippen LogP contribution in [0.1, 0.15) is 51.9 Å². The molecule has 2 aliphatic rings. The molecule has 2 saturated carbocycles. The number of aliphatic hydroxyl groups excluding tert-OH is 1. The molecule has 2 nitrogen and oxygen atoms in total. The predicted molar refractivity (Wildman–Crippen MR) is 62.8 cm³/mol. The molecule has 0 spiro atoms. The predicted octanol–water partition coefficient (Wildman–Crippen LogP) is 2.32. The van der Waals surface area contributed by atoms with Crippen molar-refractivity contribution in [3.63, 3.8) is 0 Å². The fourth-order valence-corrected chi connectivity index (χ4v) is 2.76. The summed E-state index contributed by atoms with van der Waals surface area (Å²) in [7, 11) is 0. The molecule has 2 unspecified atom stereocenters. The number of aliphatic hydroxyl groups is 1. The Morgan fingerprint density at radius 1 is 1.07 bits per heavy atom. The molecule has 0 aromatic heterocycles. The van der Waals surface area contributed by atoms with Crippen molar-refractivity contribution >= 4 is 0 Å². The molecule has 2 heteroatoms. The SMILES string of the molecule is CC(NCC(O)C1CC1)C1CCCCC1. The summed E-state index contributed by atoms with van der Waals surface area (Å²) >= 11 is 0. The van der Waals surface area contributed by atoms with Gasteiger partial charge in [0.1, 0.15) is 0 Å². The van der Waals surface area contributed by atoms with E-state index < -0.39 is 0 Å². The minimum Gasteiger partial charge on any atom is -0.392 e. The molecule has 0 bridgehead atoms. The second-order valence-electron chi connectivity index (χ2n) is 5.50. The van der Waals surface area contributed by atoms with E-state index in [-0.39, 0.29) is 6.10 Å². The van der Waals surface area contributed by atoms with E-state index in [1.54, 1.807) is 0 Å². The molecule has 88 valence electrons. The Labute approximate surface area is 93.5 Å². The summed E-state index contributed by atoms with van der Waals surface area (Å²) in [5, 5.41) is 13.3. The van der Waals surface area contributed by atoms with E-state index >= 15 is 0 Å². The van der Waals surface area contributed by atoms with Gasteiger partial charge in [0.2, 0.25) is 0 Å². The van der Waals surface area contributed by atoms with Crippen LogP contribution < -0.4 is 5.32 Å². The molecule has 2 atom stereocenters. The van der Waals surface area contributed by atoms with Gasteiger partial charge in [-0.15, -0.1) is 0 Å². The highest BCUT2D eigenvalue weighted by Crippen LogP contribution is 2.32. The number of nitrogens with one attached hydrogen (secondary N) is 1. The van der Waals surface area contributed by atoms with Crippen LogP contribution in [0.4, 0.5) is 0 Å². The first-order chi connectivity index (χ1) is 7.27. The van der Waals surface area contributed by atoms with Crippen molar-refractivity contribution in [3.05, 3.63) is 0 Å². The van der Waals surface area contributed by atoms with Gasteiger partial charge < -0.3 is 10.4 Å². The summed E-state index contributed by atoms with van der Waals surface area (Å²) in [6.07, 6.45) is 9.39. The second-order valence-corrected chi connectivity index (χ2v) is 5.50. The van der Waals surface area contributed by atoms with Gasteiger partial charge in [-0.25, -0.2) is 0 Å². The Hall–Kier alpha value is -0.0800. The smallest absolute Gasteiger partial charge is 0.0692 e. The first kappa shape index (κ1) is 11.4. The molecule has 0 aromatic carbocycles. The standard InChI is InChI=1S/C13H25NO/c1-10(11-5-3-2-4-6-11)14-9-13(15)12-7-8-12/h10-15H,2-9H2,1H3. The van der Waals surface area contributed by atoms with Gasteiger partial charge in [-0.05, 0) is 44.4 Å². The molecule has 0 heterocycles. The van der Waals surface area contributed by atoms with E-state index in [1.807, 2.05) is 0 Å². The van der Waals surface area contributed by atoms with Crippen LogP contribution >= 0.6 is 0 Å². The molecule has 0 aromatic rings. The van der Waals surface area contributed by atoms with Gasteiger partial charge in [0.25, 0.3) is 0 Å². The van der Waals surface area contributed by atoms with Crippen LogP contribution in [0.3, 0.4) is 0 Å². The number of hydrogen-bond acceptors (Lipinski definition) is 2. The van der Waals surface area contributed by atoms with E-state index in [9.17, 15) is 5.11 Å². The minimum absolute atomic E-state index is 0.0870. The van der Waals surface area contributed by atoms with E-state index in [4.69, 9.17) is 0 Å². The zero-order chi connectivity index (χ0) is 10.7. The largest absolute Gasteiger partial charge is 0.392 e. The summed E-state index contributed by atoms with van der Waals surface area (Å²) in [6, 6.07) is 0.596. The Bertz CT molecular complexity index is 185. The Kier molecular flexibility index (Phi) is 4.04. The molecule has 0 amide bonds. The highest BCUT2D eigenvalue weighted by atomic mass is 16.3. The third-order valence-electron chi connectivity index (χ3n) is 4.17. The monoisotopic (exact) mass is 211 g/mol. The van der Waals surface area contributed by atoms with Crippen molar-refractivity contribution in [2.24, 2.45) is 11.8 Å². The van der Waals surface area contributed by atoms with Crippen molar-refractivity contribution in [1.82, 2.24) is 5.32 Å². The summed E-state index contributed by atoms with van der Waals surface area (Å²) in [6.45, 7) is 3.10. The number of rotatable bonds is 5. The highest BCUT2D eigenvalue weighted by Gasteiger charge is 2.30. The lowest BCUT2D eigenvalue weighted by Crippen LogP contribution is -2.39. The number of hydrogen-bond donors (Lipinski definition) is 2. The van der Waals surface area contributed by atoms with Crippen molar-refractivity contribution < 1.29 is 5.11 Å². The first-order valence-electron chi connectivity index (χ1n) is 6.69. The van der Waals surface area contributed by atoms with Crippen LogP contribution in [-0.4, -0.2) is 23.8 Å². The summed E-state index contributed by atoms with van der Waals surface area (Å²) in [5.74, 6) is 1.46. The van der Waals surface area contributed by atoms with E-state index in [0.717, 1.165) is 12.5 Å². The summed E-state index contributed by atoms with van der Waals surface area (Å²) < 4.78 is 0. The van der Waals surface area contributed by atoms with Gasteiger partial charge in [0, 0.05) is 12.6 Å². The van der Waals surface area contributed by atoms with Gasteiger partial charge in [0.15, 0.2) is 0 Å². The van der Waals surface area contributed by atoms with Gasteiger partial charge in [-0.3, -0.25) is 0 Å². The zero-order valence-electron chi connectivity index (χ0n) is 9.91. The molecule has 0 radical (unpaired) electrons. The Morgan fingerprint density at radius 2 is 1.73 bits per heavy atom. The highest BCUT2D eigenvalue weighted by molar-refractivity contribution is 4.84. The normalized spacial score (nSPS) is 27.6. The van der Waals surface area contributed by atoms with Crippen molar-refractivity contribution in [2.75, 3.05) is 6.54 Å². The molecule has 0 saturated heterocycles. The van der Waals surface area contributed by atoms with Gasteiger partial charge >= 0.3 is 0 Å². The molecule has 0 aliphatic heterocycles. The van der Waals surface area contributed by atoms with Crippen LogP contribution in [0.15, 0.2) is 0 Å². The maximum Gasteiger partial charge on any atom is 0.0692 e. The van der Waals surface area contributed by atoms with Crippen LogP contribution in [0.25, 0.3) is 0 Å². The molecule has 2 N–H and O–H groups in total. The van der Waals surface area contributed by atoms with Crippen molar-refractivity contribution in [1.29, 1.82) is 0 Å². The lowest BCUT2D eigenvalue weighted by molar-refractivity contribution is 0.138. The van der Waals surface area contributed by atoms with Gasteiger partial charge in [-0.2, -0.15) is 0 Å². The molecule has 2 rings (SSSR count). The molecule has 2 fully saturated rings. The second kappa shape index (κ2) is 5.31. The van der Waals surface area contributed by atoms with E-state index in [1.165, 1.54) is 44.9 Å².